The summed E-state index contributed by atoms with van der Waals surface area (Å²) in [5.41, 5.74) is 3.69. The van der Waals surface area contributed by atoms with Crippen LogP contribution in [0.15, 0.2) is 18.2 Å². The van der Waals surface area contributed by atoms with Crippen LogP contribution >= 0.6 is 0 Å². The third-order valence-electron chi connectivity index (χ3n) is 3.66. The number of aromatic nitrogens is 2. The van der Waals surface area contributed by atoms with E-state index in [4.69, 9.17) is 0 Å². The summed E-state index contributed by atoms with van der Waals surface area (Å²) in [5, 5.41) is 3.48. The van der Waals surface area contributed by atoms with Gasteiger partial charge in [-0.3, -0.25) is 0 Å². The van der Waals surface area contributed by atoms with Gasteiger partial charge in [0.25, 0.3) is 0 Å². The Morgan fingerprint density at radius 1 is 1.35 bits per heavy atom. The molecule has 3 nitrogen and oxygen atoms in total. The number of nitrogens with one attached hydrogen (secondary N) is 1. The summed E-state index contributed by atoms with van der Waals surface area (Å²) in [4.78, 5) is 4.68. The average Bonchev–Trinajstić information content (AvgIpc) is 2.65. The number of piperidine rings is 1. The van der Waals surface area contributed by atoms with Gasteiger partial charge in [-0.15, -0.1) is 0 Å². The molecule has 1 aliphatic heterocycles. The molecule has 2 aromatic rings. The van der Waals surface area contributed by atoms with Crippen molar-refractivity contribution in [3.05, 3.63) is 29.6 Å². The summed E-state index contributed by atoms with van der Waals surface area (Å²) in [6, 6.07) is 7.13. The minimum Gasteiger partial charge on any atom is -0.324 e. The van der Waals surface area contributed by atoms with Gasteiger partial charge < -0.3 is 9.88 Å². The van der Waals surface area contributed by atoms with Gasteiger partial charge >= 0.3 is 0 Å². The van der Waals surface area contributed by atoms with Gasteiger partial charge in [-0.05, 0) is 50.9 Å². The van der Waals surface area contributed by atoms with Crippen LogP contribution in [0.2, 0.25) is 0 Å². The Bertz CT molecular complexity index is 536. The molecule has 1 atom stereocenters. The van der Waals surface area contributed by atoms with Crippen molar-refractivity contribution in [2.24, 2.45) is 0 Å². The number of imidazole rings is 1. The predicted octanol–water partition coefficient (Wildman–Crippen LogP) is 2.58. The van der Waals surface area contributed by atoms with Crippen molar-refractivity contribution in [3.8, 4) is 0 Å². The molecule has 3 heteroatoms. The van der Waals surface area contributed by atoms with Crippen LogP contribution in [0.25, 0.3) is 11.0 Å². The minimum absolute atomic E-state index is 0.566. The highest BCUT2D eigenvalue weighted by molar-refractivity contribution is 5.77. The van der Waals surface area contributed by atoms with Gasteiger partial charge in [0.2, 0.25) is 0 Å². The van der Waals surface area contributed by atoms with Crippen LogP contribution in [0.5, 0.6) is 0 Å². The van der Waals surface area contributed by atoms with E-state index in [2.05, 4.69) is 46.9 Å². The molecular formula is C14H19N3. The molecule has 0 saturated carbocycles. The SMILES string of the molecule is Cc1ccc2c(c1)nc(C)n2C1CCCNC1. The van der Waals surface area contributed by atoms with Gasteiger partial charge in [0.05, 0.1) is 11.0 Å². The fourth-order valence-corrected chi connectivity index (χ4v) is 2.84. The maximum absolute atomic E-state index is 4.68. The van der Waals surface area contributed by atoms with Gasteiger partial charge in [0.15, 0.2) is 0 Å². The fourth-order valence-electron chi connectivity index (χ4n) is 2.84. The lowest BCUT2D eigenvalue weighted by molar-refractivity contribution is 0.373. The first-order valence-electron chi connectivity index (χ1n) is 6.41. The van der Waals surface area contributed by atoms with Crippen molar-refractivity contribution < 1.29 is 0 Å². The van der Waals surface area contributed by atoms with Crippen molar-refractivity contribution in [2.45, 2.75) is 32.7 Å². The first-order chi connectivity index (χ1) is 8.25. The fraction of sp³-hybridized carbons (Fsp3) is 0.500. The molecule has 1 N–H and O–H groups in total. The van der Waals surface area contributed by atoms with Crippen molar-refractivity contribution in [3.63, 3.8) is 0 Å². The normalized spacial score (nSPS) is 20.9. The largest absolute Gasteiger partial charge is 0.324 e. The van der Waals surface area contributed by atoms with Crippen LogP contribution in [-0.4, -0.2) is 22.6 Å². The molecule has 2 heterocycles. The number of nitrogens with zero attached hydrogens (tertiary/aromatic N) is 2. The van der Waals surface area contributed by atoms with Crippen LogP contribution in [0, 0.1) is 13.8 Å². The summed E-state index contributed by atoms with van der Waals surface area (Å²) in [7, 11) is 0. The summed E-state index contributed by atoms with van der Waals surface area (Å²) >= 11 is 0. The monoisotopic (exact) mass is 229 g/mol. The number of rotatable bonds is 1. The molecular weight excluding hydrogens is 210 g/mol. The van der Waals surface area contributed by atoms with E-state index in [0.29, 0.717) is 6.04 Å². The number of aryl methyl sites for hydroxylation is 2. The Morgan fingerprint density at radius 2 is 2.24 bits per heavy atom. The van der Waals surface area contributed by atoms with Gasteiger partial charge in [0.1, 0.15) is 5.82 Å². The number of hydrogen-bond acceptors (Lipinski definition) is 2. The highest BCUT2D eigenvalue weighted by Gasteiger charge is 2.19. The number of hydrogen-bond donors (Lipinski definition) is 1. The van der Waals surface area contributed by atoms with Crippen LogP contribution in [0.3, 0.4) is 0 Å². The maximum atomic E-state index is 4.68. The van der Waals surface area contributed by atoms with E-state index in [9.17, 15) is 0 Å². The Morgan fingerprint density at radius 3 is 3.00 bits per heavy atom. The lowest BCUT2D eigenvalue weighted by Gasteiger charge is -2.25. The topological polar surface area (TPSA) is 29.9 Å². The zero-order valence-corrected chi connectivity index (χ0v) is 10.5. The minimum atomic E-state index is 0.566. The summed E-state index contributed by atoms with van der Waals surface area (Å²) in [6.45, 7) is 6.46. The van der Waals surface area contributed by atoms with Crippen molar-refractivity contribution in [2.75, 3.05) is 13.1 Å². The third kappa shape index (κ3) is 1.84. The van der Waals surface area contributed by atoms with Crippen LogP contribution in [0.4, 0.5) is 0 Å². The number of fused-ring (bicyclic) bond motifs is 1. The van der Waals surface area contributed by atoms with Gasteiger partial charge in [-0.25, -0.2) is 4.98 Å². The van der Waals surface area contributed by atoms with E-state index in [0.717, 1.165) is 24.4 Å². The third-order valence-corrected chi connectivity index (χ3v) is 3.66. The molecule has 0 bridgehead atoms. The highest BCUT2D eigenvalue weighted by atomic mass is 15.1. The lowest BCUT2D eigenvalue weighted by atomic mass is 10.1. The Balaban J connectivity index is 2.11. The Kier molecular flexibility index (Phi) is 2.63. The average molecular weight is 229 g/mol. The molecule has 1 unspecified atom stereocenters. The summed E-state index contributed by atoms with van der Waals surface area (Å²) in [5.74, 6) is 1.14. The van der Waals surface area contributed by atoms with E-state index in [1.54, 1.807) is 0 Å². The molecule has 1 fully saturated rings. The highest BCUT2D eigenvalue weighted by Crippen LogP contribution is 2.25. The lowest BCUT2D eigenvalue weighted by Crippen LogP contribution is -2.32. The molecule has 0 aliphatic carbocycles. The van der Waals surface area contributed by atoms with E-state index in [1.165, 1.54) is 23.9 Å². The summed E-state index contributed by atoms with van der Waals surface area (Å²) < 4.78 is 2.40. The zero-order chi connectivity index (χ0) is 11.8. The van der Waals surface area contributed by atoms with Crippen LogP contribution in [0.1, 0.15) is 30.3 Å². The summed E-state index contributed by atoms with van der Waals surface area (Å²) in [6.07, 6.45) is 2.52. The number of benzene rings is 1. The quantitative estimate of drug-likeness (QED) is 0.814. The van der Waals surface area contributed by atoms with Gasteiger partial charge in [0, 0.05) is 12.6 Å². The molecule has 3 rings (SSSR count). The molecule has 17 heavy (non-hydrogen) atoms. The van der Waals surface area contributed by atoms with E-state index >= 15 is 0 Å². The van der Waals surface area contributed by atoms with Crippen LogP contribution in [-0.2, 0) is 0 Å². The Hall–Kier alpha value is -1.35. The second kappa shape index (κ2) is 4.15. The van der Waals surface area contributed by atoms with E-state index < -0.39 is 0 Å². The molecule has 1 aromatic heterocycles. The van der Waals surface area contributed by atoms with Gasteiger partial charge in [-0.1, -0.05) is 6.07 Å². The standard InChI is InChI=1S/C14H19N3/c1-10-5-6-14-13(8-10)16-11(2)17(14)12-4-3-7-15-9-12/h5-6,8,12,15H,3-4,7,9H2,1-2H3. The zero-order valence-electron chi connectivity index (χ0n) is 10.5. The van der Waals surface area contributed by atoms with E-state index in [1.807, 2.05) is 0 Å². The smallest absolute Gasteiger partial charge is 0.107 e. The van der Waals surface area contributed by atoms with Crippen molar-refractivity contribution >= 4 is 11.0 Å². The molecule has 90 valence electrons. The molecule has 1 aromatic carbocycles. The second-order valence-corrected chi connectivity index (χ2v) is 5.02. The molecule has 0 radical (unpaired) electrons. The maximum Gasteiger partial charge on any atom is 0.107 e. The van der Waals surface area contributed by atoms with Crippen LogP contribution < -0.4 is 5.32 Å². The molecule has 0 amide bonds. The predicted molar refractivity (Wildman–Crippen MR) is 70.3 cm³/mol. The first kappa shape index (κ1) is 10.8. The van der Waals surface area contributed by atoms with E-state index in [-0.39, 0.29) is 0 Å². The molecule has 0 spiro atoms. The van der Waals surface area contributed by atoms with Crippen molar-refractivity contribution in [1.82, 2.24) is 14.9 Å². The molecule has 1 aliphatic rings. The molecule has 1 saturated heterocycles. The first-order valence-corrected chi connectivity index (χ1v) is 6.41. The van der Waals surface area contributed by atoms with Gasteiger partial charge in [-0.2, -0.15) is 0 Å². The second-order valence-electron chi connectivity index (χ2n) is 5.02. The Labute approximate surface area is 102 Å². The van der Waals surface area contributed by atoms with Crippen molar-refractivity contribution in [1.29, 1.82) is 0 Å².